The van der Waals surface area contributed by atoms with Crippen LogP contribution in [-0.2, 0) is 25.6 Å². The van der Waals surface area contributed by atoms with Crippen LogP contribution in [0.5, 0.6) is 0 Å². The molecule has 2 rings (SSSR count). The zero-order valence-corrected chi connectivity index (χ0v) is 19.5. The molecule has 0 bridgehead atoms. The molecular formula is C24H34N2O5. The van der Waals surface area contributed by atoms with Crippen LogP contribution in [0.3, 0.4) is 0 Å². The van der Waals surface area contributed by atoms with Crippen LogP contribution in [0, 0.1) is 23.2 Å². The summed E-state index contributed by atoms with van der Waals surface area (Å²) in [6.07, 6.45) is -2.17. The molecule has 0 radical (unpaired) electrons. The van der Waals surface area contributed by atoms with E-state index in [1.165, 1.54) is 11.8 Å². The number of carbonyl (C=O) groups excluding carboxylic acids is 2. The summed E-state index contributed by atoms with van der Waals surface area (Å²) in [6, 6.07) is 11.9. The van der Waals surface area contributed by atoms with E-state index in [4.69, 9.17) is 14.2 Å². The molecule has 1 aromatic carbocycles. The first-order valence-corrected chi connectivity index (χ1v) is 10.7. The van der Waals surface area contributed by atoms with E-state index in [2.05, 4.69) is 6.07 Å². The van der Waals surface area contributed by atoms with E-state index in [0.717, 1.165) is 5.56 Å². The number of nitrogens with zero attached hydrogens (tertiary/aromatic N) is 2. The predicted molar refractivity (Wildman–Crippen MR) is 116 cm³/mol. The molecule has 7 heteroatoms. The van der Waals surface area contributed by atoms with Gasteiger partial charge >= 0.3 is 12.1 Å². The van der Waals surface area contributed by atoms with Gasteiger partial charge in [-0.2, -0.15) is 5.26 Å². The van der Waals surface area contributed by atoms with Crippen molar-refractivity contribution in [1.29, 1.82) is 5.26 Å². The van der Waals surface area contributed by atoms with Crippen LogP contribution in [0.15, 0.2) is 30.3 Å². The van der Waals surface area contributed by atoms with Crippen LogP contribution in [0.25, 0.3) is 0 Å². The molecule has 0 aliphatic carbocycles. The molecule has 0 N–H and O–H groups in total. The third-order valence-corrected chi connectivity index (χ3v) is 5.27. The molecule has 4 atom stereocenters. The Hall–Kier alpha value is -2.59. The number of nitriles is 1. The van der Waals surface area contributed by atoms with Crippen LogP contribution >= 0.6 is 0 Å². The number of rotatable bonds is 6. The second-order valence-electron chi connectivity index (χ2n) is 9.50. The van der Waals surface area contributed by atoms with Gasteiger partial charge in [-0.15, -0.1) is 0 Å². The maximum absolute atomic E-state index is 13.2. The van der Waals surface area contributed by atoms with Gasteiger partial charge in [-0.1, -0.05) is 51.1 Å². The Morgan fingerprint density at radius 2 is 1.87 bits per heavy atom. The number of benzene rings is 1. The third-order valence-electron chi connectivity index (χ3n) is 5.27. The topological polar surface area (TPSA) is 88.9 Å². The number of likely N-dealkylation sites (tertiary alicyclic amines) is 1. The van der Waals surface area contributed by atoms with Crippen molar-refractivity contribution in [3.63, 3.8) is 0 Å². The minimum absolute atomic E-state index is 0.142. The molecule has 1 fully saturated rings. The summed E-state index contributed by atoms with van der Waals surface area (Å²) in [7, 11) is 0. The van der Waals surface area contributed by atoms with Gasteiger partial charge in [0.15, 0.2) is 5.54 Å². The molecule has 1 heterocycles. The van der Waals surface area contributed by atoms with E-state index in [1.54, 1.807) is 20.8 Å². The summed E-state index contributed by atoms with van der Waals surface area (Å²) in [5, 5.41) is 10.5. The molecule has 1 aliphatic heterocycles. The molecular weight excluding hydrogens is 396 g/mol. The van der Waals surface area contributed by atoms with Crippen molar-refractivity contribution in [2.24, 2.45) is 11.8 Å². The van der Waals surface area contributed by atoms with Crippen LogP contribution < -0.4 is 0 Å². The molecule has 170 valence electrons. The molecule has 1 aliphatic rings. The van der Waals surface area contributed by atoms with Gasteiger partial charge in [0.25, 0.3) is 0 Å². The van der Waals surface area contributed by atoms with Crippen molar-refractivity contribution < 1.29 is 23.8 Å². The van der Waals surface area contributed by atoms with E-state index in [0.29, 0.717) is 0 Å². The normalized spacial score (nSPS) is 24.5. The summed E-state index contributed by atoms with van der Waals surface area (Å²) in [5.74, 6) is -0.914. The standard InChI is InChI=1S/C24H34N2O5/c1-16(2)20(29-14-19-11-9-8-10-12-19)24(15-25)21(30-18(4)27)17(3)13-26(24)22(28)31-23(5,6)7/h8-12,16-17,20-21H,13-14H2,1-7H3/t17-,20-,21+,24+/m0/s1. The quantitative estimate of drug-likeness (QED) is 0.625. The second-order valence-corrected chi connectivity index (χ2v) is 9.50. The van der Waals surface area contributed by atoms with Crippen LogP contribution in [-0.4, -0.2) is 46.9 Å². The number of esters is 1. The van der Waals surface area contributed by atoms with E-state index in [1.807, 2.05) is 51.1 Å². The van der Waals surface area contributed by atoms with Crippen molar-refractivity contribution in [2.75, 3.05) is 6.54 Å². The smallest absolute Gasteiger partial charge is 0.411 e. The lowest BCUT2D eigenvalue weighted by molar-refractivity contribution is -0.159. The monoisotopic (exact) mass is 430 g/mol. The van der Waals surface area contributed by atoms with Crippen LogP contribution in [0.2, 0.25) is 0 Å². The average Bonchev–Trinajstić information content (AvgIpc) is 2.94. The lowest BCUT2D eigenvalue weighted by atomic mass is 9.80. The van der Waals surface area contributed by atoms with E-state index >= 15 is 0 Å². The van der Waals surface area contributed by atoms with Crippen molar-refractivity contribution in [1.82, 2.24) is 4.90 Å². The van der Waals surface area contributed by atoms with Crippen LogP contribution in [0.1, 0.15) is 54.0 Å². The van der Waals surface area contributed by atoms with Gasteiger partial charge in [-0.05, 0) is 32.3 Å². The molecule has 0 unspecified atom stereocenters. The summed E-state index contributed by atoms with van der Waals surface area (Å²) in [6.45, 7) is 12.8. The van der Waals surface area contributed by atoms with Crippen molar-refractivity contribution >= 4 is 12.1 Å². The van der Waals surface area contributed by atoms with Gasteiger partial charge in [0.05, 0.1) is 12.7 Å². The van der Waals surface area contributed by atoms with Gasteiger partial charge in [-0.25, -0.2) is 4.79 Å². The first-order valence-electron chi connectivity index (χ1n) is 10.7. The van der Waals surface area contributed by atoms with Crippen molar-refractivity contribution in [3.8, 4) is 6.07 Å². The summed E-state index contributed by atoms with van der Waals surface area (Å²) in [5.41, 5.74) is -1.31. The van der Waals surface area contributed by atoms with E-state index in [9.17, 15) is 14.9 Å². The number of amides is 1. The molecule has 0 spiro atoms. The van der Waals surface area contributed by atoms with Crippen molar-refractivity contribution in [2.45, 2.75) is 78.4 Å². The minimum Gasteiger partial charge on any atom is -0.458 e. The Labute approximate surface area is 185 Å². The Bertz CT molecular complexity index is 811. The van der Waals surface area contributed by atoms with Crippen LogP contribution in [0.4, 0.5) is 4.79 Å². The lowest BCUT2D eigenvalue weighted by Gasteiger charge is -2.43. The molecule has 0 aromatic heterocycles. The summed E-state index contributed by atoms with van der Waals surface area (Å²) in [4.78, 5) is 26.5. The number of carbonyl (C=O) groups is 2. The van der Waals surface area contributed by atoms with Gasteiger partial charge in [0, 0.05) is 19.4 Å². The highest BCUT2D eigenvalue weighted by atomic mass is 16.6. The minimum atomic E-state index is -1.52. The Balaban J connectivity index is 2.51. The molecule has 31 heavy (non-hydrogen) atoms. The van der Waals surface area contributed by atoms with Gasteiger partial charge < -0.3 is 14.2 Å². The fraction of sp³-hybridized carbons (Fsp3) is 0.625. The second kappa shape index (κ2) is 9.69. The highest BCUT2D eigenvalue weighted by Crippen LogP contribution is 2.42. The molecule has 1 amide bonds. The third kappa shape index (κ3) is 5.56. The maximum atomic E-state index is 13.2. The Morgan fingerprint density at radius 1 is 1.26 bits per heavy atom. The zero-order valence-electron chi connectivity index (χ0n) is 19.5. The lowest BCUT2D eigenvalue weighted by Crippen LogP contribution is -2.63. The Morgan fingerprint density at radius 3 is 2.35 bits per heavy atom. The van der Waals surface area contributed by atoms with E-state index < -0.39 is 35.4 Å². The number of hydrogen-bond acceptors (Lipinski definition) is 6. The maximum Gasteiger partial charge on any atom is 0.411 e. The van der Waals surface area contributed by atoms with Crippen molar-refractivity contribution in [3.05, 3.63) is 35.9 Å². The first-order chi connectivity index (χ1) is 14.4. The highest BCUT2D eigenvalue weighted by Gasteiger charge is 2.63. The number of ether oxygens (including phenoxy) is 3. The SMILES string of the molecule is CC(=O)O[C@@H]1[C@@H](C)CN(C(=O)OC(C)(C)C)[C@]1(C#N)[C@@H](OCc1ccccc1)C(C)C. The highest BCUT2D eigenvalue weighted by molar-refractivity contribution is 5.72. The Kier molecular flexibility index (Phi) is 7.72. The zero-order chi connectivity index (χ0) is 23.4. The fourth-order valence-corrected chi connectivity index (χ4v) is 4.14. The molecule has 0 saturated carbocycles. The molecule has 1 saturated heterocycles. The largest absolute Gasteiger partial charge is 0.458 e. The van der Waals surface area contributed by atoms with E-state index in [-0.39, 0.29) is 25.0 Å². The molecule has 1 aromatic rings. The fourth-order valence-electron chi connectivity index (χ4n) is 4.14. The van der Waals surface area contributed by atoms with Gasteiger partial charge in [-0.3, -0.25) is 9.69 Å². The molecule has 7 nitrogen and oxygen atoms in total. The predicted octanol–water partition coefficient (Wildman–Crippen LogP) is 4.31. The van der Waals surface area contributed by atoms with Gasteiger partial charge in [0.1, 0.15) is 17.8 Å². The first kappa shape index (κ1) is 24.7. The van der Waals surface area contributed by atoms with Gasteiger partial charge in [0.2, 0.25) is 0 Å². The summed E-state index contributed by atoms with van der Waals surface area (Å²) >= 11 is 0. The average molecular weight is 431 g/mol. The summed E-state index contributed by atoms with van der Waals surface area (Å²) < 4.78 is 17.5. The number of hydrogen-bond donors (Lipinski definition) is 0.